The normalized spacial score (nSPS) is 11.2. The molecule has 0 fully saturated rings. The molecular weight excluding hydrogens is 329 g/mol. The third-order valence-corrected chi connectivity index (χ3v) is 4.51. The number of nitrogens with one attached hydrogen (secondary N) is 1. The first-order valence-corrected chi connectivity index (χ1v) is 8.98. The number of aromatic amines is 1. The van der Waals surface area contributed by atoms with Crippen molar-refractivity contribution in [2.24, 2.45) is 0 Å². The summed E-state index contributed by atoms with van der Waals surface area (Å²) in [4.78, 5) is 18.1. The minimum atomic E-state index is -3.56. The van der Waals surface area contributed by atoms with Crippen LogP contribution in [-0.2, 0) is 9.84 Å². The van der Waals surface area contributed by atoms with Gasteiger partial charge in [-0.25, -0.2) is 17.8 Å². The number of benzene rings is 1. The summed E-state index contributed by atoms with van der Waals surface area (Å²) in [5.41, 5.74) is -1.47. The molecule has 9 heteroatoms. The van der Waals surface area contributed by atoms with Gasteiger partial charge in [0.25, 0.3) is 5.56 Å². The molecule has 114 valence electrons. The second kappa shape index (κ2) is 5.90. The highest BCUT2D eigenvalue weighted by molar-refractivity contribution is 7.98. The Morgan fingerprint density at radius 1 is 1.41 bits per heavy atom. The van der Waals surface area contributed by atoms with Crippen LogP contribution in [-0.4, -0.2) is 30.9 Å². The molecule has 1 aromatic carbocycles. The van der Waals surface area contributed by atoms with E-state index in [9.17, 15) is 17.6 Å². The maximum absolute atomic E-state index is 14.1. The van der Waals surface area contributed by atoms with Crippen LogP contribution in [0.5, 0.6) is 0 Å². The van der Waals surface area contributed by atoms with E-state index < -0.39 is 21.2 Å². The fourth-order valence-electron chi connectivity index (χ4n) is 1.76. The zero-order chi connectivity index (χ0) is 16.5. The summed E-state index contributed by atoms with van der Waals surface area (Å²) < 4.78 is 37.2. The van der Waals surface area contributed by atoms with E-state index in [0.29, 0.717) is 0 Å². The molecule has 1 aromatic heterocycles. The van der Waals surface area contributed by atoms with Crippen LogP contribution in [0.3, 0.4) is 0 Å². The molecule has 0 atom stereocenters. The smallest absolute Gasteiger partial charge is 0.270 e. The number of hydrogen-bond donors (Lipinski definition) is 1. The molecule has 0 spiro atoms. The maximum atomic E-state index is 14.1. The van der Waals surface area contributed by atoms with Gasteiger partial charge < -0.3 is 4.98 Å². The lowest BCUT2D eigenvalue weighted by Gasteiger charge is -2.08. The Kier molecular flexibility index (Phi) is 4.35. The molecular formula is C13H10FN3O3S2. The summed E-state index contributed by atoms with van der Waals surface area (Å²) >= 11 is 1.11. The number of H-pyrrole nitrogens is 1. The molecule has 2 aromatic rings. The Labute approximate surface area is 129 Å². The second-order valence-electron chi connectivity index (χ2n) is 4.32. The van der Waals surface area contributed by atoms with Crippen LogP contribution in [0.25, 0.3) is 11.3 Å². The van der Waals surface area contributed by atoms with Gasteiger partial charge in [-0.1, -0.05) is 11.8 Å². The summed E-state index contributed by atoms with van der Waals surface area (Å²) in [6.07, 6.45) is 2.63. The standard InChI is InChI=1S/C13H10FN3O3S2/c1-21-13-16-11(9(6-15)12(18)17-13)8-5-7(22(2,19)20)3-4-10(8)14/h3-5H,1-2H3,(H,16,17,18). The number of sulfone groups is 1. The Hall–Kier alpha value is -2.18. The van der Waals surface area contributed by atoms with Crippen molar-refractivity contribution in [3.8, 4) is 17.3 Å². The van der Waals surface area contributed by atoms with Gasteiger partial charge in [0.1, 0.15) is 17.4 Å². The molecule has 0 bridgehead atoms. The van der Waals surface area contributed by atoms with Crippen LogP contribution in [0.2, 0.25) is 0 Å². The van der Waals surface area contributed by atoms with Crippen molar-refractivity contribution < 1.29 is 12.8 Å². The van der Waals surface area contributed by atoms with Gasteiger partial charge >= 0.3 is 0 Å². The molecule has 22 heavy (non-hydrogen) atoms. The summed E-state index contributed by atoms with van der Waals surface area (Å²) in [6, 6.07) is 4.82. The first-order chi connectivity index (χ1) is 10.3. The molecule has 0 radical (unpaired) electrons. The monoisotopic (exact) mass is 339 g/mol. The summed E-state index contributed by atoms with van der Waals surface area (Å²) in [7, 11) is -3.56. The number of thioether (sulfide) groups is 1. The summed E-state index contributed by atoms with van der Waals surface area (Å²) in [6.45, 7) is 0. The van der Waals surface area contributed by atoms with Crippen molar-refractivity contribution in [3.63, 3.8) is 0 Å². The van der Waals surface area contributed by atoms with Crippen LogP contribution in [0, 0.1) is 17.1 Å². The van der Waals surface area contributed by atoms with E-state index in [0.717, 1.165) is 36.2 Å². The predicted molar refractivity (Wildman–Crippen MR) is 79.9 cm³/mol. The number of halogens is 1. The summed E-state index contributed by atoms with van der Waals surface area (Å²) in [5, 5.41) is 9.28. The third kappa shape index (κ3) is 3.03. The zero-order valence-corrected chi connectivity index (χ0v) is 13.2. The van der Waals surface area contributed by atoms with Gasteiger partial charge in [-0.3, -0.25) is 4.79 Å². The molecule has 2 rings (SSSR count). The number of nitrogens with zero attached hydrogens (tertiary/aromatic N) is 2. The highest BCUT2D eigenvalue weighted by Gasteiger charge is 2.19. The minimum Gasteiger partial charge on any atom is -0.300 e. The van der Waals surface area contributed by atoms with E-state index in [2.05, 4.69) is 9.97 Å². The summed E-state index contributed by atoms with van der Waals surface area (Å²) in [5.74, 6) is -0.769. The number of rotatable bonds is 3. The molecule has 0 saturated carbocycles. The van der Waals surface area contributed by atoms with Gasteiger partial charge in [0.2, 0.25) is 0 Å². The van der Waals surface area contributed by atoms with Crippen molar-refractivity contribution in [2.45, 2.75) is 10.1 Å². The van der Waals surface area contributed by atoms with E-state index >= 15 is 0 Å². The van der Waals surface area contributed by atoms with E-state index in [1.54, 1.807) is 12.3 Å². The molecule has 0 amide bonds. The maximum Gasteiger partial charge on any atom is 0.270 e. The SMILES string of the molecule is CSc1nc(-c2cc(S(C)(=O)=O)ccc2F)c(C#N)c(=O)[nH]1. The third-order valence-electron chi connectivity index (χ3n) is 2.82. The fraction of sp³-hybridized carbons (Fsp3) is 0.154. The first kappa shape index (κ1) is 16.2. The van der Waals surface area contributed by atoms with E-state index in [-0.39, 0.29) is 26.9 Å². The van der Waals surface area contributed by atoms with Crippen LogP contribution < -0.4 is 5.56 Å². The van der Waals surface area contributed by atoms with Gasteiger partial charge in [0.15, 0.2) is 15.0 Å². The first-order valence-electron chi connectivity index (χ1n) is 5.86. The molecule has 1 N–H and O–H groups in total. The number of nitriles is 1. The van der Waals surface area contributed by atoms with Crippen LogP contribution in [0.4, 0.5) is 4.39 Å². The van der Waals surface area contributed by atoms with Crippen molar-refractivity contribution in [1.82, 2.24) is 9.97 Å². The van der Waals surface area contributed by atoms with Crippen LogP contribution >= 0.6 is 11.8 Å². The largest absolute Gasteiger partial charge is 0.300 e. The van der Waals surface area contributed by atoms with E-state index in [1.165, 1.54) is 0 Å². The van der Waals surface area contributed by atoms with Gasteiger partial charge in [-0.2, -0.15) is 5.26 Å². The van der Waals surface area contributed by atoms with Crippen LogP contribution in [0.1, 0.15) is 5.56 Å². The quantitative estimate of drug-likeness (QED) is 0.517. The van der Waals surface area contributed by atoms with Crippen molar-refractivity contribution >= 4 is 21.6 Å². The number of hydrogen-bond acceptors (Lipinski definition) is 6. The van der Waals surface area contributed by atoms with Gasteiger partial charge in [-0.15, -0.1) is 0 Å². The average molecular weight is 339 g/mol. The average Bonchev–Trinajstić information content (AvgIpc) is 2.45. The Morgan fingerprint density at radius 3 is 2.64 bits per heavy atom. The van der Waals surface area contributed by atoms with Crippen molar-refractivity contribution in [1.29, 1.82) is 5.26 Å². The molecule has 0 aliphatic carbocycles. The fourth-order valence-corrected chi connectivity index (χ4v) is 2.79. The highest BCUT2D eigenvalue weighted by Crippen LogP contribution is 2.26. The Morgan fingerprint density at radius 2 is 2.09 bits per heavy atom. The predicted octanol–water partition coefficient (Wildman–Crippen LogP) is 1.57. The minimum absolute atomic E-state index is 0.124. The van der Waals surface area contributed by atoms with Gasteiger partial charge in [0, 0.05) is 11.8 Å². The van der Waals surface area contributed by atoms with E-state index in [1.807, 2.05) is 0 Å². The van der Waals surface area contributed by atoms with Gasteiger partial charge in [0.05, 0.1) is 10.6 Å². The lowest BCUT2D eigenvalue weighted by atomic mass is 10.1. The molecule has 0 unspecified atom stereocenters. The molecule has 0 aliphatic heterocycles. The lowest BCUT2D eigenvalue weighted by molar-refractivity contribution is 0.600. The highest BCUT2D eigenvalue weighted by atomic mass is 32.2. The Balaban J connectivity index is 2.85. The topological polar surface area (TPSA) is 104 Å². The van der Waals surface area contributed by atoms with Crippen molar-refractivity contribution in [2.75, 3.05) is 12.5 Å². The second-order valence-corrected chi connectivity index (χ2v) is 7.14. The molecule has 6 nitrogen and oxygen atoms in total. The molecule has 0 saturated heterocycles. The van der Waals surface area contributed by atoms with E-state index in [4.69, 9.17) is 5.26 Å². The molecule has 0 aliphatic rings. The lowest BCUT2D eigenvalue weighted by Crippen LogP contribution is -2.15. The Bertz CT molecular complexity index is 946. The van der Waals surface area contributed by atoms with Crippen LogP contribution in [0.15, 0.2) is 33.0 Å². The van der Waals surface area contributed by atoms with Crippen molar-refractivity contribution in [3.05, 3.63) is 39.9 Å². The van der Waals surface area contributed by atoms with Gasteiger partial charge in [-0.05, 0) is 24.5 Å². The zero-order valence-electron chi connectivity index (χ0n) is 11.5. The number of aromatic nitrogens is 2. The molecule has 1 heterocycles.